The first-order valence-electron chi connectivity index (χ1n) is 6.30. The Labute approximate surface area is 129 Å². The molecule has 0 saturated heterocycles. The van der Waals surface area contributed by atoms with E-state index in [4.69, 9.17) is 23.2 Å². The Morgan fingerprint density at radius 3 is 2.57 bits per heavy atom. The Bertz CT molecular complexity index is 978. The molecule has 21 heavy (non-hydrogen) atoms. The van der Waals surface area contributed by atoms with E-state index in [2.05, 4.69) is 32.5 Å². The van der Waals surface area contributed by atoms with Crippen LogP contribution in [0.2, 0.25) is 10.2 Å². The maximum absolute atomic E-state index is 6.22. The number of H-pyrrole nitrogens is 1. The van der Waals surface area contributed by atoms with Crippen LogP contribution in [0.4, 0.5) is 0 Å². The molecule has 0 aliphatic heterocycles. The minimum atomic E-state index is 0.148. The summed E-state index contributed by atoms with van der Waals surface area (Å²) < 4.78 is 0. The van der Waals surface area contributed by atoms with Crippen LogP contribution in [0.3, 0.4) is 0 Å². The smallest absolute Gasteiger partial charge is 0.174 e. The number of aromatic amines is 1. The fourth-order valence-corrected chi connectivity index (χ4v) is 2.84. The zero-order valence-corrected chi connectivity index (χ0v) is 12.2. The van der Waals surface area contributed by atoms with E-state index in [9.17, 15) is 0 Å². The van der Waals surface area contributed by atoms with Gasteiger partial charge >= 0.3 is 0 Å². The number of hydrogen-bond acceptors (Lipinski definition) is 3. The fraction of sp³-hybridized carbons (Fsp3) is 0. The summed E-state index contributed by atoms with van der Waals surface area (Å²) in [5.41, 5.74) is 3.39. The lowest BCUT2D eigenvalue weighted by molar-refractivity contribution is 0.872. The molecule has 0 bridgehead atoms. The molecule has 0 radical (unpaired) electrons. The molecule has 0 aliphatic carbocycles. The van der Waals surface area contributed by atoms with E-state index in [0.717, 1.165) is 27.4 Å². The average molecular weight is 315 g/mol. The molecule has 0 fully saturated rings. The van der Waals surface area contributed by atoms with Gasteiger partial charge in [-0.3, -0.25) is 0 Å². The molecule has 0 amide bonds. The van der Waals surface area contributed by atoms with Gasteiger partial charge in [-0.1, -0.05) is 59.6 Å². The summed E-state index contributed by atoms with van der Waals surface area (Å²) in [6.07, 6.45) is 0. The van der Waals surface area contributed by atoms with Crippen LogP contribution in [0.15, 0.2) is 42.5 Å². The first-order valence-corrected chi connectivity index (χ1v) is 7.05. The number of rotatable bonds is 1. The van der Waals surface area contributed by atoms with Crippen LogP contribution >= 0.6 is 23.2 Å². The first-order chi connectivity index (χ1) is 10.3. The minimum Gasteiger partial charge on any atom is -0.354 e. The van der Waals surface area contributed by atoms with Gasteiger partial charge in [0.25, 0.3) is 0 Å². The second-order valence-electron chi connectivity index (χ2n) is 4.64. The zero-order chi connectivity index (χ0) is 14.4. The molecule has 1 N–H and O–H groups in total. The lowest BCUT2D eigenvalue weighted by Gasteiger charge is -2.04. The summed E-state index contributed by atoms with van der Waals surface area (Å²) in [7, 11) is 0. The Morgan fingerprint density at radius 2 is 1.67 bits per heavy atom. The first kappa shape index (κ1) is 12.6. The lowest BCUT2D eigenvalue weighted by Crippen LogP contribution is -1.94. The molecule has 4 rings (SSSR count). The average Bonchev–Trinajstić information content (AvgIpc) is 2.89. The van der Waals surface area contributed by atoms with Gasteiger partial charge in [0.2, 0.25) is 0 Å². The van der Waals surface area contributed by atoms with E-state index in [0.29, 0.717) is 10.7 Å². The molecular formula is C15H8Cl2N4. The van der Waals surface area contributed by atoms with Crippen molar-refractivity contribution in [1.29, 1.82) is 0 Å². The van der Waals surface area contributed by atoms with Crippen LogP contribution in [0.25, 0.3) is 33.1 Å². The van der Waals surface area contributed by atoms with E-state index in [1.165, 1.54) is 0 Å². The van der Waals surface area contributed by atoms with Crippen molar-refractivity contribution in [2.45, 2.75) is 0 Å². The van der Waals surface area contributed by atoms with Crippen molar-refractivity contribution in [3.05, 3.63) is 52.6 Å². The number of benzene rings is 2. The van der Waals surface area contributed by atoms with Gasteiger partial charge in [0.1, 0.15) is 10.7 Å². The highest BCUT2D eigenvalue weighted by molar-refractivity contribution is 6.42. The van der Waals surface area contributed by atoms with Gasteiger partial charge in [0.05, 0.1) is 5.52 Å². The van der Waals surface area contributed by atoms with Crippen molar-refractivity contribution < 1.29 is 0 Å². The Morgan fingerprint density at radius 1 is 0.857 bits per heavy atom. The third-order valence-electron chi connectivity index (χ3n) is 3.46. The number of aromatic nitrogens is 4. The van der Waals surface area contributed by atoms with Crippen molar-refractivity contribution in [3.8, 4) is 11.3 Å². The third-order valence-corrected chi connectivity index (χ3v) is 4.18. The second-order valence-corrected chi connectivity index (χ2v) is 5.38. The monoisotopic (exact) mass is 314 g/mol. The third kappa shape index (κ3) is 1.87. The molecule has 2 aromatic carbocycles. The highest BCUT2D eigenvalue weighted by Crippen LogP contribution is 2.36. The van der Waals surface area contributed by atoms with Crippen molar-refractivity contribution >= 4 is 45.0 Å². The highest BCUT2D eigenvalue weighted by Gasteiger charge is 2.15. The molecule has 4 aromatic rings. The maximum Gasteiger partial charge on any atom is 0.174 e. The number of fused-ring (bicyclic) bond motifs is 3. The number of para-hydroxylation sites is 2. The van der Waals surface area contributed by atoms with Crippen LogP contribution < -0.4 is 0 Å². The maximum atomic E-state index is 6.22. The molecular weight excluding hydrogens is 307 g/mol. The van der Waals surface area contributed by atoms with Gasteiger partial charge in [-0.25, -0.2) is 0 Å². The van der Waals surface area contributed by atoms with Crippen LogP contribution in [0.1, 0.15) is 0 Å². The summed E-state index contributed by atoms with van der Waals surface area (Å²) in [5, 5.41) is 14.0. The van der Waals surface area contributed by atoms with Gasteiger partial charge < -0.3 is 4.98 Å². The Hall–Kier alpha value is -2.17. The van der Waals surface area contributed by atoms with Crippen LogP contribution in [-0.2, 0) is 0 Å². The molecule has 6 heteroatoms. The number of halogens is 2. The number of nitrogens with zero attached hydrogens (tertiary/aromatic N) is 3. The van der Waals surface area contributed by atoms with Gasteiger partial charge in [-0.2, -0.15) is 0 Å². The molecule has 0 atom stereocenters. The second kappa shape index (κ2) is 4.69. The molecule has 102 valence electrons. The van der Waals surface area contributed by atoms with Crippen LogP contribution in [0, 0.1) is 0 Å². The predicted molar refractivity (Wildman–Crippen MR) is 84.6 cm³/mol. The van der Waals surface area contributed by atoms with Crippen molar-refractivity contribution in [2.24, 2.45) is 0 Å². The summed E-state index contributed by atoms with van der Waals surface area (Å²) >= 11 is 12.2. The fourth-order valence-electron chi connectivity index (χ4n) is 2.53. The van der Waals surface area contributed by atoms with Crippen molar-refractivity contribution in [3.63, 3.8) is 0 Å². The van der Waals surface area contributed by atoms with Gasteiger partial charge in [0.15, 0.2) is 5.15 Å². The lowest BCUT2D eigenvalue weighted by atomic mass is 10.1. The van der Waals surface area contributed by atoms with Gasteiger partial charge in [-0.05, 0) is 11.3 Å². The number of hydrogen-bond donors (Lipinski definition) is 1. The Kier molecular flexibility index (Phi) is 2.80. The Balaban J connectivity index is 2.12. The standard InChI is InChI=1S/C15H8Cl2N4/c16-12-14(19-21-20-15(12)17)10-6-3-5-9-8-4-1-2-7-11(8)18-13(9)10/h1-7,18H. The summed E-state index contributed by atoms with van der Waals surface area (Å²) in [6.45, 7) is 0. The van der Waals surface area contributed by atoms with E-state index in [-0.39, 0.29) is 5.15 Å². The van der Waals surface area contributed by atoms with E-state index in [1.54, 1.807) is 0 Å². The SMILES string of the molecule is Clc1nnnc(-c2cccc3c2[nH]c2ccccc23)c1Cl. The normalized spacial score (nSPS) is 11.3. The highest BCUT2D eigenvalue weighted by atomic mass is 35.5. The molecule has 4 nitrogen and oxygen atoms in total. The molecule has 2 heterocycles. The molecule has 0 spiro atoms. The summed E-state index contributed by atoms with van der Waals surface area (Å²) in [5.74, 6) is 0. The van der Waals surface area contributed by atoms with E-state index >= 15 is 0 Å². The van der Waals surface area contributed by atoms with E-state index in [1.807, 2.05) is 30.3 Å². The predicted octanol–water partition coefficient (Wildman–Crippen LogP) is 4.48. The number of nitrogens with one attached hydrogen (secondary N) is 1. The van der Waals surface area contributed by atoms with Crippen LogP contribution in [-0.4, -0.2) is 20.4 Å². The van der Waals surface area contributed by atoms with Crippen LogP contribution in [0.5, 0.6) is 0 Å². The van der Waals surface area contributed by atoms with Gasteiger partial charge in [-0.15, -0.1) is 10.2 Å². The molecule has 0 saturated carbocycles. The zero-order valence-electron chi connectivity index (χ0n) is 10.6. The summed E-state index contributed by atoms with van der Waals surface area (Å²) in [4.78, 5) is 3.40. The molecule has 2 aromatic heterocycles. The van der Waals surface area contributed by atoms with Gasteiger partial charge in [0, 0.05) is 21.9 Å². The topological polar surface area (TPSA) is 54.5 Å². The van der Waals surface area contributed by atoms with Crippen molar-refractivity contribution in [2.75, 3.05) is 0 Å². The van der Waals surface area contributed by atoms with E-state index < -0.39 is 0 Å². The quantitative estimate of drug-likeness (QED) is 0.563. The van der Waals surface area contributed by atoms with Crippen molar-refractivity contribution in [1.82, 2.24) is 20.4 Å². The molecule has 0 aliphatic rings. The minimum absolute atomic E-state index is 0.148. The summed E-state index contributed by atoms with van der Waals surface area (Å²) in [6, 6.07) is 14.1. The molecule has 0 unspecified atom stereocenters. The largest absolute Gasteiger partial charge is 0.354 e.